The SMILES string of the molecule is CC1c2ccccc2C=CC1c1cccc2c1sc1ccc3nc(-n4c5ccccc5c5ccc(-n6c7ccccc7c7ccccc76)cc54)sc3c12. The number of para-hydroxylation sites is 3. The van der Waals surface area contributed by atoms with E-state index in [1.54, 1.807) is 0 Å². The normalized spacial score (nSPS) is 15.9. The number of aromatic nitrogens is 3. The van der Waals surface area contributed by atoms with Gasteiger partial charge in [-0.2, -0.15) is 0 Å². The molecule has 7 aromatic carbocycles. The molecule has 5 heteroatoms. The number of thiazole rings is 1. The van der Waals surface area contributed by atoms with E-state index in [9.17, 15) is 0 Å². The fourth-order valence-electron chi connectivity index (χ4n) is 9.16. The van der Waals surface area contributed by atoms with Crippen LogP contribution in [0.5, 0.6) is 0 Å². The summed E-state index contributed by atoms with van der Waals surface area (Å²) in [5.74, 6) is 0.736. The van der Waals surface area contributed by atoms with Crippen molar-refractivity contribution in [3.63, 3.8) is 0 Å². The highest BCUT2D eigenvalue weighted by Crippen LogP contribution is 2.48. The van der Waals surface area contributed by atoms with E-state index in [0.29, 0.717) is 11.8 Å². The molecule has 0 radical (unpaired) electrons. The minimum atomic E-state index is 0.329. The Kier molecular flexibility index (Phi) is 6.13. The van der Waals surface area contributed by atoms with Gasteiger partial charge in [0, 0.05) is 53.3 Å². The van der Waals surface area contributed by atoms with Gasteiger partial charge >= 0.3 is 0 Å². The number of nitrogens with zero attached hydrogens (tertiary/aromatic N) is 3. The monoisotopic (exact) mass is 713 g/mol. The Morgan fingerprint density at radius 3 is 1.94 bits per heavy atom. The van der Waals surface area contributed by atoms with Crippen molar-refractivity contribution in [2.45, 2.75) is 18.8 Å². The maximum atomic E-state index is 5.40. The number of thiophene rings is 1. The van der Waals surface area contributed by atoms with Gasteiger partial charge in [0.25, 0.3) is 0 Å². The summed E-state index contributed by atoms with van der Waals surface area (Å²) in [7, 11) is 0. The number of fused-ring (bicyclic) bond motifs is 12. The van der Waals surface area contributed by atoms with Gasteiger partial charge < -0.3 is 4.57 Å². The van der Waals surface area contributed by atoms with Gasteiger partial charge in [-0.05, 0) is 65.1 Å². The minimum Gasteiger partial charge on any atom is -0.309 e. The highest BCUT2D eigenvalue weighted by molar-refractivity contribution is 7.28. The van der Waals surface area contributed by atoms with Crippen molar-refractivity contribution in [2.24, 2.45) is 0 Å². The Labute approximate surface area is 313 Å². The maximum absolute atomic E-state index is 5.40. The van der Waals surface area contributed by atoms with Gasteiger partial charge in [-0.1, -0.05) is 134 Å². The largest absolute Gasteiger partial charge is 0.309 e. The molecule has 2 unspecified atom stereocenters. The molecule has 0 spiro atoms. The summed E-state index contributed by atoms with van der Waals surface area (Å²) in [6.45, 7) is 2.38. The first-order chi connectivity index (χ1) is 26.2. The van der Waals surface area contributed by atoms with E-state index in [0.717, 1.165) is 21.9 Å². The van der Waals surface area contributed by atoms with Crippen LogP contribution in [0.4, 0.5) is 0 Å². The second-order valence-corrected chi connectivity index (χ2v) is 16.4. The van der Waals surface area contributed by atoms with Crippen LogP contribution in [0, 0.1) is 0 Å². The van der Waals surface area contributed by atoms with Crippen LogP contribution in [0.1, 0.15) is 35.4 Å². The molecule has 11 aromatic rings. The zero-order valence-electron chi connectivity index (χ0n) is 28.8. The molecule has 3 nitrogen and oxygen atoms in total. The first kappa shape index (κ1) is 29.6. The van der Waals surface area contributed by atoms with Crippen LogP contribution in [0.3, 0.4) is 0 Å². The maximum Gasteiger partial charge on any atom is 0.195 e. The van der Waals surface area contributed by atoms with Crippen LogP contribution in [-0.4, -0.2) is 14.1 Å². The Balaban J connectivity index is 1.07. The molecule has 0 fully saturated rings. The Hall–Kier alpha value is -6.01. The summed E-state index contributed by atoms with van der Waals surface area (Å²) in [5.41, 5.74) is 11.1. The topological polar surface area (TPSA) is 22.8 Å². The van der Waals surface area contributed by atoms with Crippen molar-refractivity contribution in [3.8, 4) is 10.8 Å². The van der Waals surface area contributed by atoms with E-state index in [4.69, 9.17) is 4.98 Å². The minimum absolute atomic E-state index is 0.329. The standard InChI is InChI=1S/C48H31N3S2/c1-28-31-12-3-2-11-29(31)21-23-32(28)37-16-10-17-38-45-44(52-46(37)38)26-25-39-47(45)53-48(49-39)51-42-20-9-6-15-35(42)36-24-22-30(27-43(36)51)50-40-18-7-4-13-33(40)34-14-5-8-19-41(34)50/h2-28,32H,1H3. The van der Waals surface area contributed by atoms with E-state index >= 15 is 0 Å². The summed E-state index contributed by atoms with van der Waals surface area (Å²) < 4.78 is 8.76. The number of rotatable bonds is 3. The summed E-state index contributed by atoms with van der Waals surface area (Å²) >= 11 is 3.74. The van der Waals surface area contributed by atoms with Gasteiger partial charge in [-0.25, -0.2) is 4.98 Å². The first-order valence-corrected chi connectivity index (χ1v) is 19.9. The van der Waals surface area contributed by atoms with Crippen LogP contribution >= 0.6 is 22.7 Å². The van der Waals surface area contributed by atoms with Crippen molar-refractivity contribution in [3.05, 3.63) is 168 Å². The summed E-state index contributed by atoms with van der Waals surface area (Å²) in [6, 6.07) is 53.4. The molecule has 53 heavy (non-hydrogen) atoms. The van der Waals surface area contributed by atoms with Crippen LogP contribution in [0.25, 0.3) is 90.9 Å². The Bertz CT molecular complexity index is 3280. The van der Waals surface area contributed by atoms with Crippen molar-refractivity contribution in [2.75, 3.05) is 0 Å². The van der Waals surface area contributed by atoms with E-state index in [2.05, 4.69) is 174 Å². The number of hydrogen-bond acceptors (Lipinski definition) is 3. The second kappa shape index (κ2) is 11.0. The highest BCUT2D eigenvalue weighted by atomic mass is 32.1. The molecule has 0 aliphatic heterocycles. The number of allylic oxidation sites excluding steroid dienone is 1. The van der Waals surface area contributed by atoms with Gasteiger partial charge in [0.15, 0.2) is 5.13 Å². The number of hydrogen-bond donors (Lipinski definition) is 0. The summed E-state index contributed by atoms with van der Waals surface area (Å²) in [6.07, 6.45) is 4.74. The third kappa shape index (κ3) is 4.12. The molecule has 1 aliphatic carbocycles. The van der Waals surface area contributed by atoms with Crippen LogP contribution < -0.4 is 0 Å². The molecular weight excluding hydrogens is 683 g/mol. The van der Waals surface area contributed by atoms with Gasteiger partial charge in [0.2, 0.25) is 0 Å². The quantitative estimate of drug-likeness (QED) is 0.179. The van der Waals surface area contributed by atoms with Crippen molar-refractivity contribution < 1.29 is 0 Å². The molecular formula is C48H31N3S2. The van der Waals surface area contributed by atoms with E-state index < -0.39 is 0 Å². The first-order valence-electron chi connectivity index (χ1n) is 18.3. The lowest BCUT2D eigenvalue weighted by molar-refractivity contribution is 0.674. The Morgan fingerprint density at radius 2 is 1.17 bits per heavy atom. The molecule has 4 aromatic heterocycles. The van der Waals surface area contributed by atoms with Gasteiger partial charge in [-0.3, -0.25) is 4.57 Å². The van der Waals surface area contributed by atoms with Gasteiger partial charge in [0.05, 0.1) is 32.3 Å². The molecule has 12 rings (SSSR count). The van der Waals surface area contributed by atoms with Crippen molar-refractivity contribution in [1.29, 1.82) is 0 Å². The molecule has 1 aliphatic rings. The van der Waals surface area contributed by atoms with E-state index in [1.165, 1.54) is 79.7 Å². The van der Waals surface area contributed by atoms with Crippen molar-refractivity contribution in [1.82, 2.24) is 14.1 Å². The third-order valence-electron chi connectivity index (χ3n) is 11.6. The molecule has 250 valence electrons. The molecule has 2 atom stereocenters. The molecule has 0 amide bonds. The third-order valence-corrected chi connectivity index (χ3v) is 13.9. The van der Waals surface area contributed by atoms with Crippen LogP contribution in [-0.2, 0) is 0 Å². The lowest BCUT2D eigenvalue weighted by atomic mass is 9.77. The second-order valence-electron chi connectivity index (χ2n) is 14.3. The molecule has 0 bridgehead atoms. The zero-order valence-corrected chi connectivity index (χ0v) is 30.5. The average Bonchev–Trinajstić information content (AvgIpc) is 3.97. The van der Waals surface area contributed by atoms with E-state index in [1.807, 2.05) is 22.7 Å². The average molecular weight is 714 g/mol. The number of benzene rings is 7. The lowest BCUT2D eigenvalue weighted by Crippen LogP contribution is -2.11. The Morgan fingerprint density at radius 1 is 0.528 bits per heavy atom. The predicted octanol–water partition coefficient (Wildman–Crippen LogP) is 13.8. The molecule has 0 saturated carbocycles. The van der Waals surface area contributed by atoms with Crippen LogP contribution in [0.15, 0.2) is 152 Å². The predicted molar refractivity (Wildman–Crippen MR) is 228 cm³/mol. The smallest absolute Gasteiger partial charge is 0.195 e. The fourth-order valence-corrected chi connectivity index (χ4v) is 11.7. The summed E-state index contributed by atoms with van der Waals surface area (Å²) in [4.78, 5) is 5.40. The highest BCUT2D eigenvalue weighted by Gasteiger charge is 2.27. The lowest BCUT2D eigenvalue weighted by Gasteiger charge is -2.27. The van der Waals surface area contributed by atoms with Gasteiger partial charge in [-0.15, -0.1) is 11.3 Å². The van der Waals surface area contributed by atoms with E-state index in [-0.39, 0.29) is 0 Å². The van der Waals surface area contributed by atoms with Gasteiger partial charge in [0.1, 0.15) is 0 Å². The van der Waals surface area contributed by atoms with Crippen LogP contribution in [0.2, 0.25) is 0 Å². The molecule has 4 heterocycles. The zero-order chi connectivity index (χ0) is 34.8. The fraction of sp³-hybridized carbons (Fsp3) is 0.0625. The molecule has 0 saturated heterocycles. The molecule has 0 N–H and O–H groups in total. The van der Waals surface area contributed by atoms with Crippen molar-refractivity contribution >= 4 is 103 Å². The summed E-state index contributed by atoms with van der Waals surface area (Å²) in [5, 5.41) is 8.66.